The van der Waals surface area contributed by atoms with Crippen molar-refractivity contribution in [3.63, 3.8) is 0 Å². The van der Waals surface area contributed by atoms with Gasteiger partial charge in [-0.25, -0.2) is 0 Å². The first-order valence-corrected chi connectivity index (χ1v) is 6.11. The van der Waals surface area contributed by atoms with Gasteiger partial charge in [0.25, 0.3) is 0 Å². The summed E-state index contributed by atoms with van der Waals surface area (Å²) in [5, 5.41) is 0. The Morgan fingerprint density at radius 2 is 0.800 bits per heavy atom. The van der Waals surface area contributed by atoms with Gasteiger partial charge in [-0.2, -0.15) is 16.8 Å². The quantitative estimate of drug-likeness (QED) is 0.382. The number of rotatable bonds is 1. The Kier molecular flexibility index (Phi) is 21.2. The van der Waals surface area contributed by atoms with Gasteiger partial charge in [0.15, 0.2) is 0 Å². The van der Waals surface area contributed by atoms with Crippen LogP contribution in [-0.2, 0) is 20.8 Å². The second-order valence-corrected chi connectivity index (χ2v) is 3.69. The zero-order valence-corrected chi connectivity index (χ0v) is 9.29. The molecule has 0 aromatic carbocycles. The van der Waals surface area contributed by atoms with Gasteiger partial charge in [0.2, 0.25) is 0 Å². The molecule has 11 heteroatoms. The molecule has 0 rings (SSSR count). The first-order valence-electron chi connectivity index (χ1n) is 3.31. The number of hydrogen-bond acceptors (Lipinski definition) is 4. The molecule has 0 saturated carbocycles. The minimum atomic E-state index is -4.67. The molecular weight excluding hydrogens is 263 g/mol. The van der Waals surface area contributed by atoms with E-state index in [4.69, 9.17) is 35.0 Å². The molecule has 8 nitrogen and oxygen atoms in total. The van der Waals surface area contributed by atoms with Crippen molar-refractivity contribution in [3.8, 4) is 0 Å². The van der Waals surface area contributed by atoms with E-state index in [2.05, 4.69) is 13.8 Å². The maximum atomic E-state index is 8.74. The molecule has 0 aliphatic heterocycles. The standard InChI is InChI=1S/C4H10.Na.2H2O4S.H/c1-3-4-2;;2*1-5(2,3)4;/h3-4H2,1-2H3;;2*(H2,1,2,3,4);. The Labute approximate surface area is 112 Å². The summed E-state index contributed by atoms with van der Waals surface area (Å²) in [6, 6.07) is 0. The summed E-state index contributed by atoms with van der Waals surface area (Å²) in [7, 11) is -9.33. The molecule has 0 radical (unpaired) electrons. The molecule has 0 aromatic rings. The molecule has 0 aliphatic rings. The van der Waals surface area contributed by atoms with Crippen LogP contribution in [0.4, 0.5) is 0 Å². The molecule has 92 valence electrons. The van der Waals surface area contributed by atoms with Crippen molar-refractivity contribution < 1.29 is 35.0 Å². The molecule has 0 atom stereocenters. The van der Waals surface area contributed by atoms with Crippen LogP contribution in [-0.4, -0.2) is 64.6 Å². The normalized spacial score (nSPS) is 9.73. The minimum absolute atomic E-state index is 0. The van der Waals surface area contributed by atoms with Crippen LogP contribution in [0.25, 0.3) is 0 Å². The van der Waals surface area contributed by atoms with Crippen LogP contribution < -0.4 is 0 Å². The monoisotopic (exact) mass is 278 g/mol. The van der Waals surface area contributed by atoms with Crippen molar-refractivity contribution in [1.29, 1.82) is 0 Å². The van der Waals surface area contributed by atoms with Crippen molar-refractivity contribution in [2.24, 2.45) is 0 Å². The van der Waals surface area contributed by atoms with Crippen LogP contribution in [0.5, 0.6) is 0 Å². The predicted molar refractivity (Wildman–Crippen MR) is 56.1 cm³/mol. The Hall–Kier alpha value is 0.740. The third-order valence-corrected chi connectivity index (χ3v) is 0.500. The summed E-state index contributed by atoms with van der Waals surface area (Å²) in [4.78, 5) is 0. The zero-order valence-electron chi connectivity index (χ0n) is 7.65. The van der Waals surface area contributed by atoms with E-state index in [-0.39, 0.29) is 29.6 Å². The van der Waals surface area contributed by atoms with Gasteiger partial charge in [-0.15, -0.1) is 0 Å². The van der Waals surface area contributed by atoms with Gasteiger partial charge in [0.1, 0.15) is 0 Å². The van der Waals surface area contributed by atoms with Crippen LogP contribution in [0.15, 0.2) is 0 Å². The molecule has 0 aromatic heterocycles. The molecule has 15 heavy (non-hydrogen) atoms. The summed E-state index contributed by atoms with van der Waals surface area (Å²) in [5.41, 5.74) is 0. The maximum absolute atomic E-state index is 8.74. The van der Waals surface area contributed by atoms with Crippen molar-refractivity contribution in [2.45, 2.75) is 26.7 Å². The molecule has 0 unspecified atom stereocenters. The molecule has 0 aliphatic carbocycles. The van der Waals surface area contributed by atoms with E-state index in [1.54, 1.807) is 0 Å². The van der Waals surface area contributed by atoms with Gasteiger partial charge < -0.3 is 0 Å². The summed E-state index contributed by atoms with van der Waals surface area (Å²) >= 11 is 0. The molecule has 0 bridgehead atoms. The van der Waals surface area contributed by atoms with E-state index in [0.29, 0.717) is 0 Å². The van der Waals surface area contributed by atoms with E-state index in [1.165, 1.54) is 12.8 Å². The van der Waals surface area contributed by atoms with Crippen LogP contribution in [0.3, 0.4) is 0 Å². The first kappa shape index (κ1) is 24.8. The summed E-state index contributed by atoms with van der Waals surface area (Å²) < 4.78 is 63.2. The number of hydrogen-bond donors (Lipinski definition) is 4. The fourth-order valence-electron chi connectivity index (χ4n) is 0. The van der Waals surface area contributed by atoms with Crippen LogP contribution in [0.1, 0.15) is 26.7 Å². The Morgan fingerprint density at radius 3 is 0.800 bits per heavy atom. The van der Waals surface area contributed by atoms with Gasteiger partial charge in [0, 0.05) is 0 Å². The molecule has 0 saturated heterocycles. The first-order chi connectivity index (χ1) is 5.91. The Bertz CT molecular complexity index is 245. The molecule has 4 N–H and O–H groups in total. The van der Waals surface area contributed by atoms with E-state index in [0.717, 1.165) is 0 Å². The summed E-state index contributed by atoms with van der Waals surface area (Å²) in [6.07, 6.45) is 2.64. The van der Waals surface area contributed by atoms with Crippen molar-refractivity contribution >= 4 is 50.4 Å². The van der Waals surface area contributed by atoms with Gasteiger partial charge >= 0.3 is 50.4 Å². The van der Waals surface area contributed by atoms with Crippen molar-refractivity contribution in [1.82, 2.24) is 0 Å². The van der Waals surface area contributed by atoms with E-state index in [9.17, 15) is 0 Å². The fraction of sp³-hybridized carbons (Fsp3) is 1.00. The second kappa shape index (κ2) is 12.8. The topological polar surface area (TPSA) is 149 Å². The van der Waals surface area contributed by atoms with Gasteiger partial charge in [-0.3, -0.25) is 18.2 Å². The molecule has 0 heterocycles. The zero-order chi connectivity index (χ0) is 12.4. The third kappa shape index (κ3) is 790. The van der Waals surface area contributed by atoms with Crippen molar-refractivity contribution in [3.05, 3.63) is 0 Å². The summed E-state index contributed by atoms with van der Waals surface area (Å²) in [6.45, 7) is 4.36. The average molecular weight is 278 g/mol. The van der Waals surface area contributed by atoms with Gasteiger partial charge in [-0.1, -0.05) is 26.7 Å². The van der Waals surface area contributed by atoms with Crippen LogP contribution in [0, 0.1) is 0 Å². The predicted octanol–water partition coefficient (Wildman–Crippen LogP) is -0.148. The van der Waals surface area contributed by atoms with Crippen LogP contribution in [0.2, 0.25) is 0 Å². The van der Waals surface area contributed by atoms with Gasteiger partial charge in [0.05, 0.1) is 0 Å². The van der Waals surface area contributed by atoms with E-state index < -0.39 is 20.8 Å². The average Bonchev–Trinajstić information content (AvgIpc) is 1.79. The second-order valence-electron chi connectivity index (χ2n) is 1.90. The van der Waals surface area contributed by atoms with E-state index in [1.807, 2.05) is 0 Å². The van der Waals surface area contributed by atoms with Crippen molar-refractivity contribution in [2.75, 3.05) is 0 Å². The Balaban J connectivity index is -0.0000000590. The van der Waals surface area contributed by atoms with E-state index >= 15 is 0 Å². The van der Waals surface area contributed by atoms with Gasteiger partial charge in [-0.05, 0) is 0 Å². The molecular formula is C4H15NaO8S2. The SMILES string of the molecule is CCCC.O=S(=O)(O)O.O=S(=O)(O)O.[NaH]. The summed E-state index contributed by atoms with van der Waals surface area (Å²) in [5.74, 6) is 0. The molecule has 0 spiro atoms. The Morgan fingerprint density at radius 1 is 0.733 bits per heavy atom. The number of unbranched alkanes of at least 4 members (excludes halogenated alkanes) is 1. The third-order valence-electron chi connectivity index (χ3n) is 0.500. The fourth-order valence-corrected chi connectivity index (χ4v) is 0. The molecule has 0 fully saturated rings. The molecule has 0 amide bonds. The van der Waals surface area contributed by atoms with Crippen LogP contribution >= 0.6 is 0 Å².